The summed E-state index contributed by atoms with van der Waals surface area (Å²) in [6, 6.07) is 8.26. The third kappa shape index (κ3) is 6.01. The van der Waals surface area contributed by atoms with Crippen molar-refractivity contribution in [2.24, 2.45) is 0 Å². The van der Waals surface area contributed by atoms with Crippen LogP contribution in [0.2, 0.25) is 0 Å². The smallest absolute Gasteiger partial charge is 0.340 e. The molecule has 1 amide bonds. The Morgan fingerprint density at radius 3 is 2.78 bits per heavy atom. The van der Waals surface area contributed by atoms with Crippen LogP contribution < -0.4 is 10.6 Å². The Hall–Kier alpha value is -2.52. The van der Waals surface area contributed by atoms with Crippen molar-refractivity contribution in [2.75, 3.05) is 24.3 Å². The van der Waals surface area contributed by atoms with Crippen molar-refractivity contribution in [3.05, 3.63) is 41.6 Å². The molecule has 122 valence electrons. The van der Waals surface area contributed by atoms with Crippen molar-refractivity contribution in [1.29, 1.82) is 5.26 Å². The van der Waals surface area contributed by atoms with Crippen LogP contribution in [0.15, 0.2) is 36.0 Å². The van der Waals surface area contributed by atoms with Crippen LogP contribution in [0.5, 0.6) is 0 Å². The first-order valence-corrected chi connectivity index (χ1v) is 7.64. The van der Waals surface area contributed by atoms with Crippen molar-refractivity contribution >= 4 is 29.2 Å². The molecular weight excluding hydrogens is 318 g/mol. The number of carbonyl (C=O) groups is 2. The zero-order valence-corrected chi connectivity index (χ0v) is 13.5. The summed E-state index contributed by atoms with van der Waals surface area (Å²) in [7, 11) is 0. The second kappa shape index (κ2) is 10.2. The third-order valence-corrected chi connectivity index (χ3v) is 3.00. The average Bonchev–Trinajstić information content (AvgIpc) is 2.55. The van der Waals surface area contributed by atoms with Gasteiger partial charge in [0.25, 0.3) is 5.91 Å². The molecule has 2 N–H and O–H groups in total. The number of hydrogen-bond acceptors (Lipinski definition) is 5. The summed E-state index contributed by atoms with van der Waals surface area (Å²) in [6.45, 7) is 2.48. The molecule has 1 rings (SSSR count). The van der Waals surface area contributed by atoms with Crippen LogP contribution in [-0.2, 0) is 9.53 Å². The summed E-state index contributed by atoms with van der Waals surface area (Å²) in [6.07, 6.45) is 2.04. The Bertz CT molecular complexity index is 623. The Balaban J connectivity index is 2.84. The lowest BCUT2D eigenvalue weighted by atomic mass is 10.1. The summed E-state index contributed by atoms with van der Waals surface area (Å²) < 4.78 is 4.93. The Morgan fingerprint density at radius 2 is 2.13 bits per heavy atom. The van der Waals surface area contributed by atoms with E-state index in [4.69, 9.17) is 21.6 Å². The summed E-state index contributed by atoms with van der Waals surface area (Å²) >= 11 is 5.54. The number of anilines is 1. The Morgan fingerprint density at radius 1 is 1.39 bits per heavy atom. The third-order valence-electron chi connectivity index (χ3n) is 2.74. The molecule has 0 bridgehead atoms. The monoisotopic (exact) mass is 335 g/mol. The molecule has 1 aromatic carbocycles. The standard InChI is InChI=1S/C16H18ClN3O3/c1-2-23-16(22)13-6-3-4-7-14(13)20-15(21)12(10-18)11-19-9-5-8-17/h3-4,6-7,11,19H,2,5,8-9H2,1H3,(H,20,21)/b12-11-. The van der Waals surface area contributed by atoms with Crippen LogP contribution in [-0.4, -0.2) is 30.9 Å². The van der Waals surface area contributed by atoms with Crippen LogP contribution in [0.4, 0.5) is 5.69 Å². The zero-order chi connectivity index (χ0) is 17.1. The van der Waals surface area contributed by atoms with Crippen LogP contribution in [0, 0.1) is 11.3 Å². The molecule has 0 fully saturated rings. The molecule has 0 aliphatic carbocycles. The number of esters is 1. The molecule has 1 aromatic rings. The predicted molar refractivity (Wildman–Crippen MR) is 88.1 cm³/mol. The van der Waals surface area contributed by atoms with E-state index in [0.29, 0.717) is 18.8 Å². The highest BCUT2D eigenvalue weighted by molar-refractivity contribution is 6.17. The van der Waals surface area contributed by atoms with E-state index >= 15 is 0 Å². The fourth-order valence-corrected chi connectivity index (χ4v) is 1.79. The molecule has 23 heavy (non-hydrogen) atoms. The van der Waals surface area contributed by atoms with Gasteiger partial charge in [-0.2, -0.15) is 5.26 Å². The molecule has 0 atom stereocenters. The van der Waals surface area contributed by atoms with Crippen LogP contribution in [0.25, 0.3) is 0 Å². The molecule has 7 heteroatoms. The van der Waals surface area contributed by atoms with Gasteiger partial charge >= 0.3 is 5.97 Å². The normalized spacial score (nSPS) is 10.6. The second-order valence-electron chi connectivity index (χ2n) is 4.39. The first-order valence-electron chi connectivity index (χ1n) is 7.11. The molecule has 0 saturated heterocycles. The minimum absolute atomic E-state index is 0.0989. The maximum absolute atomic E-state index is 12.1. The number of carbonyl (C=O) groups excluding carboxylic acids is 2. The van der Waals surface area contributed by atoms with Gasteiger partial charge in [-0.3, -0.25) is 4.79 Å². The molecule has 0 heterocycles. The van der Waals surface area contributed by atoms with Crippen LogP contribution >= 0.6 is 11.6 Å². The van der Waals surface area contributed by atoms with Gasteiger partial charge < -0.3 is 15.4 Å². The maximum atomic E-state index is 12.1. The van der Waals surface area contributed by atoms with E-state index in [-0.39, 0.29) is 23.4 Å². The first kappa shape index (κ1) is 18.5. The van der Waals surface area contributed by atoms with Crippen LogP contribution in [0.1, 0.15) is 23.7 Å². The molecule has 0 radical (unpaired) electrons. The number of rotatable bonds is 8. The van der Waals surface area contributed by atoms with Gasteiger partial charge in [0, 0.05) is 18.6 Å². The highest BCUT2D eigenvalue weighted by atomic mass is 35.5. The molecule has 0 unspecified atom stereocenters. The van der Waals surface area contributed by atoms with Crippen molar-refractivity contribution in [2.45, 2.75) is 13.3 Å². The number of nitrogens with zero attached hydrogens (tertiary/aromatic N) is 1. The number of para-hydroxylation sites is 1. The number of amides is 1. The number of halogens is 1. The SMILES string of the molecule is CCOC(=O)c1ccccc1NC(=O)/C(C#N)=C\NCCCCl. The van der Waals surface area contributed by atoms with Gasteiger partial charge in [0.1, 0.15) is 11.6 Å². The summed E-state index contributed by atoms with van der Waals surface area (Å²) in [5, 5.41) is 14.4. The molecule has 0 aliphatic heterocycles. The van der Waals surface area contributed by atoms with Gasteiger partial charge in [-0.25, -0.2) is 4.79 Å². The molecule has 0 saturated carbocycles. The van der Waals surface area contributed by atoms with Crippen molar-refractivity contribution in [1.82, 2.24) is 5.32 Å². The van der Waals surface area contributed by atoms with Gasteiger partial charge in [0.05, 0.1) is 17.9 Å². The summed E-state index contributed by atoms with van der Waals surface area (Å²) in [5.41, 5.74) is 0.422. The van der Waals surface area contributed by atoms with Gasteiger partial charge in [-0.05, 0) is 25.5 Å². The average molecular weight is 336 g/mol. The lowest BCUT2D eigenvalue weighted by Gasteiger charge is -2.10. The zero-order valence-electron chi connectivity index (χ0n) is 12.8. The van der Waals surface area contributed by atoms with E-state index < -0.39 is 11.9 Å². The lowest BCUT2D eigenvalue weighted by Crippen LogP contribution is -2.19. The number of hydrogen-bond donors (Lipinski definition) is 2. The van der Waals surface area contributed by atoms with Crippen molar-refractivity contribution < 1.29 is 14.3 Å². The summed E-state index contributed by atoms with van der Waals surface area (Å²) in [4.78, 5) is 24.0. The second-order valence-corrected chi connectivity index (χ2v) is 4.76. The van der Waals surface area contributed by atoms with E-state index in [1.54, 1.807) is 31.2 Å². The number of ether oxygens (including phenoxy) is 1. The number of alkyl halides is 1. The fourth-order valence-electron chi connectivity index (χ4n) is 1.66. The molecule has 0 aromatic heterocycles. The molecule has 6 nitrogen and oxygen atoms in total. The molecule has 0 spiro atoms. The van der Waals surface area contributed by atoms with E-state index in [1.165, 1.54) is 6.20 Å². The largest absolute Gasteiger partial charge is 0.462 e. The quantitative estimate of drug-likeness (QED) is 0.250. The highest BCUT2D eigenvalue weighted by Crippen LogP contribution is 2.17. The van der Waals surface area contributed by atoms with Gasteiger partial charge in [0.15, 0.2) is 0 Å². The van der Waals surface area contributed by atoms with Gasteiger partial charge in [-0.15, -0.1) is 11.6 Å². The van der Waals surface area contributed by atoms with E-state index in [1.807, 2.05) is 6.07 Å². The minimum atomic E-state index is -0.609. The first-order chi connectivity index (χ1) is 11.1. The van der Waals surface area contributed by atoms with Crippen molar-refractivity contribution in [3.63, 3.8) is 0 Å². The van der Waals surface area contributed by atoms with E-state index in [0.717, 1.165) is 0 Å². The Labute approximate surface area is 140 Å². The lowest BCUT2D eigenvalue weighted by molar-refractivity contribution is -0.112. The highest BCUT2D eigenvalue weighted by Gasteiger charge is 2.16. The fraction of sp³-hybridized carbons (Fsp3) is 0.312. The number of nitrogens with one attached hydrogen (secondary N) is 2. The van der Waals surface area contributed by atoms with Crippen molar-refractivity contribution in [3.8, 4) is 6.07 Å². The number of nitriles is 1. The maximum Gasteiger partial charge on any atom is 0.340 e. The predicted octanol–water partition coefficient (Wildman–Crippen LogP) is 2.43. The van der Waals surface area contributed by atoms with Gasteiger partial charge in [-0.1, -0.05) is 12.1 Å². The van der Waals surface area contributed by atoms with E-state index in [9.17, 15) is 9.59 Å². The topological polar surface area (TPSA) is 91.2 Å². The van der Waals surface area contributed by atoms with Crippen LogP contribution in [0.3, 0.4) is 0 Å². The summed E-state index contributed by atoms with van der Waals surface area (Å²) in [5.74, 6) is -0.657. The van der Waals surface area contributed by atoms with Gasteiger partial charge in [0.2, 0.25) is 0 Å². The minimum Gasteiger partial charge on any atom is -0.462 e. The Kier molecular flexibility index (Phi) is 8.25. The van der Waals surface area contributed by atoms with E-state index in [2.05, 4.69) is 10.6 Å². The molecule has 0 aliphatic rings. The number of benzene rings is 1. The molecular formula is C16H18ClN3O3.